The van der Waals surface area contributed by atoms with Crippen molar-refractivity contribution in [2.45, 2.75) is 20.8 Å². The number of anilines is 2. The van der Waals surface area contributed by atoms with E-state index in [0.29, 0.717) is 18.1 Å². The van der Waals surface area contributed by atoms with Crippen molar-refractivity contribution >= 4 is 23.2 Å². The Labute approximate surface area is 153 Å². The van der Waals surface area contributed by atoms with E-state index in [-0.39, 0.29) is 17.0 Å². The van der Waals surface area contributed by atoms with E-state index in [0.717, 1.165) is 24.3 Å². The van der Waals surface area contributed by atoms with Crippen LogP contribution in [0.3, 0.4) is 0 Å². The first-order valence-corrected chi connectivity index (χ1v) is 8.47. The summed E-state index contributed by atoms with van der Waals surface area (Å²) in [6, 6.07) is 9.93. The van der Waals surface area contributed by atoms with Gasteiger partial charge in [0, 0.05) is 30.4 Å². The Morgan fingerprint density at radius 3 is 2.62 bits per heavy atom. The smallest absolute Gasteiger partial charge is 0.163 e. The van der Waals surface area contributed by atoms with Gasteiger partial charge in [-0.25, -0.2) is 0 Å². The largest absolute Gasteiger partial charge is 0.493 e. The highest BCUT2D eigenvalue weighted by atomic mass is 16.5. The SMILES string of the molecule is CCOc1cc(N(CC)CC)ccc1/C=C(\C#N)c1[nH]nc(N)c1C#N. The number of benzene rings is 1. The zero-order chi connectivity index (χ0) is 19.1. The highest BCUT2D eigenvalue weighted by molar-refractivity contribution is 5.92. The van der Waals surface area contributed by atoms with Crippen LogP contribution < -0.4 is 15.4 Å². The summed E-state index contributed by atoms with van der Waals surface area (Å²) >= 11 is 0. The normalized spacial score (nSPS) is 10.9. The van der Waals surface area contributed by atoms with Gasteiger partial charge in [-0.15, -0.1) is 0 Å². The quantitative estimate of drug-likeness (QED) is 0.741. The first kappa shape index (κ1) is 18.9. The number of rotatable bonds is 7. The number of allylic oxidation sites excluding steroid dienone is 1. The highest BCUT2D eigenvalue weighted by Gasteiger charge is 2.16. The Hall–Kier alpha value is -3.45. The molecule has 1 aromatic heterocycles. The maximum atomic E-state index is 9.54. The second kappa shape index (κ2) is 8.59. The summed E-state index contributed by atoms with van der Waals surface area (Å²) in [5, 5.41) is 25.3. The van der Waals surface area contributed by atoms with Crippen LogP contribution in [0.2, 0.25) is 0 Å². The number of aromatic amines is 1. The van der Waals surface area contributed by atoms with Crippen LogP contribution in [0.5, 0.6) is 5.75 Å². The Morgan fingerprint density at radius 1 is 1.31 bits per heavy atom. The van der Waals surface area contributed by atoms with Crippen LogP contribution in [0.1, 0.15) is 37.6 Å². The molecule has 7 heteroatoms. The van der Waals surface area contributed by atoms with E-state index in [9.17, 15) is 10.5 Å². The summed E-state index contributed by atoms with van der Waals surface area (Å²) in [5.74, 6) is 0.751. The molecule has 1 heterocycles. The molecule has 0 aliphatic rings. The van der Waals surface area contributed by atoms with Gasteiger partial charge in [-0.2, -0.15) is 15.6 Å². The third-order valence-corrected chi connectivity index (χ3v) is 4.02. The Balaban J connectivity index is 2.53. The number of H-pyrrole nitrogens is 1. The van der Waals surface area contributed by atoms with Crippen molar-refractivity contribution < 1.29 is 4.74 Å². The first-order chi connectivity index (χ1) is 12.6. The van der Waals surface area contributed by atoms with Crippen molar-refractivity contribution in [3.8, 4) is 17.9 Å². The van der Waals surface area contributed by atoms with Gasteiger partial charge in [0.05, 0.1) is 17.9 Å². The molecule has 0 saturated carbocycles. The molecular formula is C19H22N6O. The third kappa shape index (κ3) is 3.79. The molecule has 0 saturated heterocycles. The maximum absolute atomic E-state index is 9.54. The molecule has 0 fully saturated rings. The fourth-order valence-corrected chi connectivity index (χ4v) is 2.69. The monoisotopic (exact) mass is 350 g/mol. The molecule has 1 aromatic carbocycles. The van der Waals surface area contributed by atoms with Crippen LogP contribution in [0.25, 0.3) is 11.6 Å². The minimum Gasteiger partial charge on any atom is -0.493 e. The van der Waals surface area contributed by atoms with Crippen LogP contribution in [-0.2, 0) is 0 Å². The molecule has 2 aromatic rings. The Morgan fingerprint density at radius 2 is 2.04 bits per heavy atom. The van der Waals surface area contributed by atoms with Crippen molar-refractivity contribution in [1.29, 1.82) is 10.5 Å². The van der Waals surface area contributed by atoms with Crippen molar-refractivity contribution in [3.63, 3.8) is 0 Å². The zero-order valence-electron chi connectivity index (χ0n) is 15.2. The van der Waals surface area contributed by atoms with Crippen LogP contribution in [-0.4, -0.2) is 29.9 Å². The molecule has 134 valence electrons. The lowest BCUT2D eigenvalue weighted by molar-refractivity contribution is 0.339. The van der Waals surface area contributed by atoms with Gasteiger partial charge < -0.3 is 15.4 Å². The molecule has 0 unspecified atom stereocenters. The van der Waals surface area contributed by atoms with Gasteiger partial charge in [0.1, 0.15) is 23.5 Å². The van der Waals surface area contributed by atoms with E-state index in [1.165, 1.54) is 0 Å². The summed E-state index contributed by atoms with van der Waals surface area (Å²) in [6.45, 7) is 8.38. The van der Waals surface area contributed by atoms with Gasteiger partial charge in [-0.3, -0.25) is 5.10 Å². The van der Waals surface area contributed by atoms with Gasteiger partial charge in [-0.05, 0) is 39.0 Å². The van der Waals surface area contributed by atoms with Gasteiger partial charge in [-0.1, -0.05) is 0 Å². The fourth-order valence-electron chi connectivity index (χ4n) is 2.69. The average molecular weight is 350 g/mol. The van der Waals surface area contributed by atoms with E-state index in [1.54, 1.807) is 6.08 Å². The summed E-state index contributed by atoms with van der Waals surface area (Å²) in [4.78, 5) is 2.21. The van der Waals surface area contributed by atoms with Crippen molar-refractivity contribution in [3.05, 3.63) is 35.0 Å². The molecule has 0 aliphatic carbocycles. The number of hydrogen-bond acceptors (Lipinski definition) is 6. The average Bonchev–Trinajstić information content (AvgIpc) is 3.02. The summed E-state index contributed by atoms with van der Waals surface area (Å²) in [5.41, 5.74) is 8.20. The molecule has 0 spiro atoms. The van der Waals surface area contributed by atoms with Crippen LogP contribution >= 0.6 is 0 Å². The lowest BCUT2D eigenvalue weighted by atomic mass is 10.0. The third-order valence-electron chi connectivity index (χ3n) is 4.02. The molecule has 3 N–H and O–H groups in total. The van der Waals surface area contributed by atoms with Crippen LogP contribution in [0.4, 0.5) is 11.5 Å². The van der Waals surface area contributed by atoms with E-state index in [2.05, 4.69) is 35.0 Å². The first-order valence-electron chi connectivity index (χ1n) is 8.47. The van der Waals surface area contributed by atoms with Crippen molar-refractivity contribution in [1.82, 2.24) is 10.2 Å². The standard InChI is InChI=1S/C19H22N6O/c1-4-25(5-2)15-8-7-13(17(10-15)26-6-3)9-14(11-20)18-16(12-21)19(22)24-23-18/h7-10H,4-6H2,1-3H3,(H3,22,23,24)/b14-9+. The molecule has 0 bridgehead atoms. The molecule has 2 rings (SSSR count). The second-order valence-electron chi connectivity index (χ2n) is 5.47. The lowest BCUT2D eigenvalue weighted by Gasteiger charge is -2.22. The number of nitriles is 2. The number of ether oxygens (including phenoxy) is 1. The topological polar surface area (TPSA) is 115 Å². The predicted octanol–water partition coefficient (Wildman–Crippen LogP) is 3.17. The van der Waals surface area contributed by atoms with Gasteiger partial charge >= 0.3 is 0 Å². The van der Waals surface area contributed by atoms with E-state index in [1.807, 2.05) is 31.2 Å². The molecule has 7 nitrogen and oxygen atoms in total. The molecule has 0 amide bonds. The van der Waals surface area contributed by atoms with Crippen molar-refractivity contribution in [2.75, 3.05) is 30.3 Å². The minimum atomic E-state index is 0.0746. The number of nitrogens with one attached hydrogen (secondary N) is 1. The van der Waals surface area contributed by atoms with E-state index in [4.69, 9.17) is 10.5 Å². The molecule has 0 radical (unpaired) electrons. The number of nitrogens with two attached hydrogens (primary N) is 1. The van der Waals surface area contributed by atoms with E-state index < -0.39 is 0 Å². The lowest BCUT2D eigenvalue weighted by Crippen LogP contribution is -2.21. The second-order valence-corrected chi connectivity index (χ2v) is 5.47. The molecule has 0 aliphatic heterocycles. The molecular weight excluding hydrogens is 328 g/mol. The van der Waals surface area contributed by atoms with Crippen LogP contribution in [0, 0.1) is 22.7 Å². The fraction of sp³-hybridized carbons (Fsp3) is 0.316. The Kier molecular flexibility index (Phi) is 6.24. The molecule has 0 atom stereocenters. The summed E-state index contributed by atoms with van der Waals surface area (Å²) in [6.07, 6.45) is 1.67. The Bertz CT molecular complexity index is 880. The minimum absolute atomic E-state index is 0.0746. The summed E-state index contributed by atoms with van der Waals surface area (Å²) in [7, 11) is 0. The van der Waals surface area contributed by atoms with Gasteiger partial charge in [0.2, 0.25) is 0 Å². The predicted molar refractivity (Wildman–Crippen MR) is 102 cm³/mol. The van der Waals surface area contributed by atoms with Crippen LogP contribution in [0.15, 0.2) is 18.2 Å². The number of hydrogen-bond donors (Lipinski definition) is 2. The highest BCUT2D eigenvalue weighted by Crippen LogP contribution is 2.30. The van der Waals surface area contributed by atoms with Gasteiger partial charge in [0.25, 0.3) is 0 Å². The molecule has 26 heavy (non-hydrogen) atoms. The van der Waals surface area contributed by atoms with Gasteiger partial charge in [0.15, 0.2) is 5.82 Å². The van der Waals surface area contributed by atoms with E-state index >= 15 is 0 Å². The maximum Gasteiger partial charge on any atom is 0.163 e. The summed E-state index contributed by atoms with van der Waals surface area (Å²) < 4.78 is 5.76. The zero-order valence-corrected chi connectivity index (χ0v) is 15.2. The number of aromatic nitrogens is 2. The van der Waals surface area contributed by atoms with Crippen molar-refractivity contribution in [2.24, 2.45) is 0 Å². The number of nitrogen functional groups attached to an aromatic ring is 1. The number of nitrogens with zero attached hydrogens (tertiary/aromatic N) is 4.